The Morgan fingerprint density at radius 1 is 0.407 bits per heavy atom. The minimum atomic E-state index is -0.786. The third-order valence-electron chi connectivity index (χ3n) is 12.5. The number of aliphatic hydroxyl groups is 3. The van der Waals surface area contributed by atoms with Gasteiger partial charge in [-0.05, 0) is 31.1 Å². The van der Waals surface area contributed by atoms with Crippen molar-refractivity contribution < 1.29 is 34.4 Å². The lowest BCUT2D eigenvalue weighted by atomic mass is 9.71. The standard InChI is InChI=1S/C40H78O4.C9H18O3.3H3P/c1-4-7-9-11-13-15-17-19-21-23-25-27-29-31-33-35-39(41)43-37-38(6-3)44-40(42)36-34-32-30-28-26-24-22-20-18-16-14-12-10-8-5-2;1-4-5(2)8(11)9(12)6(3)7(4)10;;;/h38H,4-37H2,1-3H3;4-12H,1-3H3;3*1H3. The van der Waals surface area contributed by atoms with Crippen molar-refractivity contribution in [2.24, 2.45) is 17.8 Å². The highest BCUT2D eigenvalue weighted by Crippen LogP contribution is 2.34. The van der Waals surface area contributed by atoms with Crippen LogP contribution in [0.5, 0.6) is 0 Å². The van der Waals surface area contributed by atoms with E-state index in [0.717, 1.165) is 25.7 Å². The molecule has 10 unspecified atom stereocenters. The monoisotopic (exact) mass is 899 g/mol. The van der Waals surface area contributed by atoms with Gasteiger partial charge in [0.2, 0.25) is 0 Å². The Kier molecular flexibility index (Phi) is 53.0. The van der Waals surface area contributed by atoms with E-state index < -0.39 is 18.3 Å². The molecule has 7 nitrogen and oxygen atoms in total. The molecule has 1 saturated carbocycles. The van der Waals surface area contributed by atoms with Gasteiger partial charge in [-0.15, -0.1) is 0 Å². The number of esters is 2. The first kappa shape index (κ1) is 65.7. The second kappa shape index (κ2) is 47.6. The van der Waals surface area contributed by atoms with E-state index in [2.05, 4.69) is 13.8 Å². The molecular weight excluding hydrogens is 793 g/mol. The van der Waals surface area contributed by atoms with Crippen LogP contribution in [0.15, 0.2) is 0 Å². The lowest BCUT2D eigenvalue weighted by molar-refractivity contribution is -0.159. The summed E-state index contributed by atoms with van der Waals surface area (Å²) in [7, 11) is 0. The molecule has 358 valence electrons. The van der Waals surface area contributed by atoms with Crippen molar-refractivity contribution in [3.63, 3.8) is 0 Å². The highest BCUT2D eigenvalue weighted by Gasteiger charge is 2.42. The molecule has 1 rings (SSSR count). The number of carbonyl (C=O) groups is 2. The van der Waals surface area contributed by atoms with E-state index in [0.29, 0.717) is 19.3 Å². The molecule has 0 amide bonds. The first-order chi connectivity index (χ1) is 27.1. The van der Waals surface area contributed by atoms with E-state index in [1.165, 1.54) is 167 Å². The Hall–Kier alpha value is 0.110. The van der Waals surface area contributed by atoms with Gasteiger partial charge in [-0.1, -0.05) is 221 Å². The maximum Gasteiger partial charge on any atom is 0.306 e. The molecule has 10 atom stereocenters. The highest BCUT2D eigenvalue weighted by atomic mass is 31.0. The molecule has 1 aliphatic rings. The van der Waals surface area contributed by atoms with Crippen LogP contribution < -0.4 is 0 Å². The molecule has 0 heterocycles. The van der Waals surface area contributed by atoms with E-state index in [-0.39, 0.29) is 72.1 Å². The van der Waals surface area contributed by atoms with Gasteiger partial charge in [0.1, 0.15) is 12.7 Å². The zero-order valence-corrected chi connectivity index (χ0v) is 44.4. The number of hydrogen-bond acceptors (Lipinski definition) is 7. The summed E-state index contributed by atoms with van der Waals surface area (Å²) in [6.07, 6.45) is 38.8. The van der Waals surface area contributed by atoms with Gasteiger partial charge in [0, 0.05) is 18.8 Å². The third kappa shape index (κ3) is 38.3. The van der Waals surface area contributed by atoms with Gasteiger partial charge in [0.25, 0.3) is 0 Å². The summed E-state index contributed by atoms with van der Waals surface area (Å²) < 4.78 is 11.0. The van der Waals surface area contributed by atoms with Crippen LogP contribution in [0.1, 0.15) is 253 Å². The minimum Gasteiger partial charge on any atom is -0.462 e. The van der Waals surface area contributed by atoms with Crippen molar-refractivity contribution in [2.75, 3.05) is 6.61 Å². The predicted octanol–water partition coefficient (Wildman–Crippen LogP) is 13.5. The van der Waals surface area contributed by atoms with Crippen molar-refractivity contribution in [2.45, 2.75) is 278 Å². The Bertz CT molecular complexity index is 824. The highest BCUT2D eigenvalue weighted by molar-refractivity contribution is 6.92. The fourth-order valence-corrected chi connectivity index (χ4v) is 7.94. The average Bonchev–Trinajstić information content (AvgIpc) is 3.20. The van der Waals surface area contributed by atoms with Crippen LogP contribution in [0, 0.1) is 17.8 Å². The van der Waals surface area contributed by atoms with Crippen molar-refractivity contribution in [1.82, 2.24) is 0 Å². The first-order valence-corrected chi connectivity index (χ1v) is 24.5. The Balaban J connectivity index is -0.000000859. The van der Waals surface area contributed by atoms with Gasteiger partial charge in [-0.25, -0.2) is 0 Å². The second-order valence-corrected chi connectivity index (χ2v) is 17.7. The fourth-order valence-electron chi connectivity index (χ4n) is 7.94. The Morgan fingerprint density at radius 3 is 1.00 bits per heavy atom. The SMILES string of the molecule is CC1C(C)C(O)C(O)C(C)C1O.CCCCCCCCCCCCCCCCCC(=O)OCC(CC)OC(=O)CCCCCCCCCCCCCCCCC.P.P.P. The molecule has 1 aliphatic carbocycles. The van der Waals surface area contributed by atoms with E-state index in [4.69, 9.17) is 9.47 Å². The molecule has 59 heavy (non-hydrogen) atoms. The van der Waals surface area contributed by atoms with Crippen LogP contribution in [-0.4, -0.2) is 58.3 Å². The maximum atomic E-state index is 12.3. The van der Waals surface area contributed by atoms with Crippen LogP contribution in [0.2, 0.25) is 0 Å². The second-order valence-electron chi connectivity index (χ2n) is 17.7. The van der Waals surface area contributed by atoms with Gasteiger partial charge >= 0.3 is 11.9 Å². The van der Waals surface area contributed by atoms with Crippen molar-refractivity contribution in [1.29, 1.82) is 0 Å². The van der Waals surface area contributed by atoms with Gasteiger partial charge in [-0.3, -0.25) is 9.59 Å². The van der Waals surface area contributed by atoms with Gasteiger partial charge in [0.15, 0.2) is 0 Å². The Labute approximate surface area is 376 Å². The van der Waals surface area contributed by atoms with Crippen LogP contribution in [-0.2, 0) is 19.1 Å². The molecular formula is C49H105O7P3. The summed E-state index contributed by atoms with van der Waals surface area (Å²) in [6, 6.07) is 0. The largest absolute Gasteiger partial charge is 0.462 e. The number of aliphatic hydroxyl groups excluding tert-OH is 3. The average molecular weight is 899 g/mol. The van der Waals surface area contributed by atoms with Crippen molar-refractivity contribution in [3.8, 4) is 0 Å². The topological polar surface area (TPSA) is 113 Å². The van der Waals surface area contributed by atoms with Crippen LogP contribution in [0.4, 0.5) is 0 Å². The smallest absolute Gasteiger partial charge is 0.306 e. The molecule has 3 N–H and O–H groups in total. The summed E-state index contributed by atoms with van der Waals surface area (Å²) in [6.45, 7) is 12.3. The van der Waals surface area contributed by atoms with Crippen LogP contribution in [0.3, 0.4) is 0 Å². The molecule has 0 radical (unpaired) electrons. The van der Waals surface area contributed by atoms with E-state index >= 15 is 0 Å². The number of hydrogen-bond donors (Lipinski definition) is 3. The third-order valence-corrected chi connectivity index (χ3v) is 12.5. The zero-order valence-electron chi connectivity index (χ0n) is 40.2. The number of rotatable bonds is 36. The predicted molar refractivity (Wildman–Crippen MR) is 269 cm³/mol. The quantitative estimate of drug-likeness (QED) is 0.0326. The molecule has 0 aromatic heterocycles. The van der Waals surface area contributed by atoms with Gasteiger partial charge in [-0.2, -0.15) is 29.7 Å². The molecule has 0 spiro atoms. The zero-order chi connectivity index (χ0) is 41.7. The Morgan fingerprint density at radius 2 is 0.678 bits per heavy atom. The van der Waals surface area contributed by atoms with Crippen LogP contribution in [0.25, 0.3) is 0 Å². The van der Waals surface area contributed by atoms with Gasteiger partial charge < -0.3 is 24.8 Å². The molecule has 0 saturated heterocycles. The summed E-state index contributed by atoms with van der Waals surface area (Å²) >= 11 is 0. The summed E-state index contributed by atoms with van der Waals surface area (Å²) in [5, 5.41) is 28.7. The number of carbonyl (C=O) groups excluding carboxylic acids is 2. The first-order valence-electron chi connectivity index (χ1n) is 24.5. The van der Waals surface area contributed by atoms with Gasteiger partial charge in [0.05, 0.1) is 18.3 Å². The molecule has 0 aromatic carbocycles. The van der Waals surface area contributed by atoms with Crippen molar-refractivity contribution >= 4 is 41.6 Å². The summed E-state index contributed by atoms with van der Waals surface area (Å²) in [4.78, 5) is 24.4. The number of unbranched alkanes of at least 4 members (excludes halogenated alkanes) is 28. The minimum absolute atomic E-state index is 0. The molecule has 1 fully saturated rings. The molecule has 0 aliphatic heterocycles. The van der Waals surface area contributed by atoms with Crippen molar-refractivity contribution in [3.05, 3.63) is 0 Å². The number of ether oxygens (including phenoxy) is 2. The lowest BCUT2D eigenvalue weighted by Crippen LogP contribution is -2.52. The van der Waals surface area contributed by atoms with E-state index in [9.17, 15) is 24.9 Å². The molecule has 0 bridgehead atoms. The van der Waals surface area contributed by atoms with E-state index in [1.807, 2.05) is 20.8 Å². The molecule has 10 heteroatoms. The maximum absolute atomic E-state index is 12.3. The van der Waals surface area contributed by atoms with E-state index in [1.54, 1.807) is 6.92 Å². The fraction of sp³-hybridized carbons (Fsp3) is 0.959. The summed E-state index contributed by atoms with van der Waals surface area (Å²) in [5.41, 5.74) is 0. The molecule has 0 aromatic rings. The lowest BCUT2D eigenvalue weighted by Gasteiger charge is -2.42. The summed E-state index contributed by atoms with van der Waals surface area (Å²) in [5.74, 6) is -0.516. The normalized spacial score (nSPS) is 20.2. The van der Waals surface area contributed by atoms with Crippen LogP contribution >= 0.6 is 29.7 Å².